The van der Waals surface area contributed by atoms with Crippen molar-refractivity contribution >= 4 is 44.9 Å². The molecule has 0 aliphatic heterocycles. The van der Waals surface area contributed by atoms with E-state index in [0.29, 0.717) is 11.6 Å². The summed E-state index contributed by atoms with van der Waals surface area (Å²) in [6.45, 7) is 0.628. The summed E-state index contributed by atoms with van der Waals surface area (Å²) in [7, 11) is 0. The summed E-state index contributed by atoms with van der Waals surface area (Å²) in [6.07, 6.45) is 1.61. The molecule has 0 saturated carbocycles. The minimum absolute atomic E-state index is 0.628. The van der Waals surface area contributed by atoms with Crippen LogP contribution in [0.15, 0.2) is 47.1 Å². The number of aromatic nitrogens is 2. The van der Waals surface area contributed by atoms with Crippen molar-refractivity contribution in [3.05, 3.63) is 47.1 Å². The predicted octanol–water partition coefficient (Wildman–Crippen LogP) is 4.52. The van der Waals surface area contributed by atoms with E-state index in [2.05, 4.69) is 9.97 Å². The summed E-state index contributed by atoms with van der Waals surface area (Å²) >= 11 is 9.18. The number of hydrogen-bond donors (Lipinski definition) is 0. The van der Waals surface area contributed by atoms with Gasteiger partial charge in [0, 0.05) is 10.8 Å². The first-order valence-corrected chi connectivity index (χ1v) is 8.26. The topological polar surface area (TPSA) is 35.0 Å². The lowest BCUT2D eigenvalue weighted by Crippen LogP contribution is -2.00. The van der Waals surface area contributed by atoms with E-state index in [1.165, 1.54) is 0 Å². The van der Waals surface area contributed by atoms with E-state index in [9.17, 15) is 0 Å². The van der Waals surface area contributed by atoms with Gasteiger partial charge in [-0.3, -0.25) is 0 Å². The highest BCUT2D eigenvalue weighted by molar-refractivity contribution is 7.99. The summed E-state index contributed by atoms with van der Waals surface area (Å²) in [5.74, 6) is 1.67. The molecule has 0 spiro atoms. The van der Waals surface area contributed by atoms with Gasteiger partial charge in [0.05, 0.1) is 16.8 Å². The zero-order valence-electron chi connectivity index (χ0n) is 10.5. The van der Waals surface area contributed by atoms with Crippen molar-refractivity contribution in [3.8, 4) is 5.75 Å². The number of ether oxygens (including phenoxy) is 1. The molecule has 2 heterocycles. The van der Waals surface area contributed by atoms with Gasteiger partial charge in [-0.25, -0.2) is 9.97 Å². The van der Waals surface area contributed by atoms with Crippen molar-refractivity contribution in [1.82, 2.24) is 9.97 Å². The Balaban J connectivity index is 1.55. The molecule has 0 atom stereocenters. The van der Waals surface area contributed by atoms with Gasteiger partial charge in [-0.05, 0) is 35.7 Å². The average molecular weight is 323 g/mol. The third-order valence-electron chi connectivity index (χ3n) is 2.61. The third kappa shape index (κ3) is 3.23. The van der Waals surface area contributed by atoms with Crippen LogP contribution in [-0.2, 0) is 0 Å². The van der Waals surface area contributed by atoms with Crippen LogP contribution in [-0.4, -0.2) is 22.3 Å². The maximum Gasteiger partial charge on any atom is 0.119 e. The minimum atomic E-state index is 0.628. The van der Waals surface area contributed by atoms with Crippen LogP contribution in [0.25, 0.3) is 10.2 Å². The average Bonchev–Trinajstić information content (AvgIpc) is 2.94. The Bertz CT molecular complexity index is 700. The zero-order valence-corrected chi connectivity index (χ0v) is 12.8. The molecule has 1 aromatic carbocycles. The molecule has 3 rings (SSSR count). The number of thiophene rings is 1. The Kier molecular flexibility index (Phi) is 4.40. The second-order valence-corrected chi connectivity index (χ2v) is 6.40. The van der Waals surface area contributed by atoms with Gasteiger partial charge in [0.1, 0.15) is 17.1 Å². The first-order chi connectivity index (χ1) is 9.83. The molecule has 0 aliphatic carbocycles. The van der Waals surface area contributed by atoms with Crippen molar-refractivity contribution in [2.75, 3.05) is 12.4 Å². The van der Waals surface area contributed by atoms with E-state index in [4.69, 9.17) is 16.3 Å². The van der Waals surface area contributed by atoms with Gasteiger partial charge in [0.15, 0.2) is 0 Å². The molecule has 0 fully saturated rings. The SMILES string of the molecule is Clc1ccc(OCCSc2ncnc3ccsc23)cc1. The van der Waals surface area contributed by atoms with Crippen LogP contribution in [0.3, 0.4) is 0 Å². The molecule has 6 heteroatoms. The van der Waals surface area contributed by atoms with E-state index in [1.54, 1.807) is 29.4 Å². The molecule has 3 aromatic rings. The standard InChI is InChI=1S/C14H11ClN2OS2/c15-10-1-3-11(4-2-10)18-6-8-20-14-13-12(5-7-19-13)16-9-17-14/h1-5,7,9H,6,8H2. The fraction of sp³-hybridized carbons (Fsp3) is 0.143. The van der Waals surface area contributed by atoms with Crippen LogP contribution in [0.4, 0.5) is 0 Å². The number of benzene rings is 1. The second-order valence-electron chi connectivity index (χ2n) is 3.96. The first-order valence-electron chi connectivity index (χ1n) is 6.02. The van der Waals surface area contributed by atoms with E-state index >= 15 is 0 Å². The van der Waals surface area contributed by atoms with E-state index in [-0.39, 0.29) is 0 Å². The largest absolute Gasteiger partial charge is 0.493 e. The lowest BCUT2D eigenvalue weighted by atomic mass is 10.3. The van der Waals surface area contributed by atoms with Gasteiger partial charge >= 0.3 is 0 Å². The van der Waals surface area contributed by atoms with E-state index in [0.717, 1.165) is 26.7 Å². The minimum Gasteiger partial charge on any atom is -0.493 e. The van der Waals surface area contributed by atoms with Crippen molar-refractivity contribution in [2.24, 2.45) is 0 Å². The predicted molar refractivity (Wildman–Crippen MR) is 85.1 cm³/mol. The number of thioether (sulfide) groups is 1. The van der Waals surface area contributed by atoms with Gasteiger partial charge in [-0.2, -0.15) is 0 Å². The van der Waals surface area contributed by atoms with Crippen molar-refractivity contribution in [2.45, 2.75) is 5.03 Å². The van der Waals surface area contributed by atoms with Gasteiger partial charge in [0.25, 0.3) is 0 Å². The highest BCUT2D eigenvalue weighted by atomic mass is 35.5. The molecule has 0 amide bonds. The first kappa shape index (κ1) is 13.7. The maximum absolute atomic E-state index is 5.83. The van der Waals surface area contributed by atoms with Crippen LogP contribution in [0, 0.1) is 0 Å². The molecule has 0 bridgehead atoms. The lowest BCUT2D eigenvalue weighted by molar-refractivity contribution is 0.344. The van der Waals surface area contributed by atoms with Crippen molar-refractivity contribution < 1.29 is 4.74 Å². The van der Waals surface area contributed by atoms with Crippen molar-refractivity contribution in [3.63, 3.8) is 0 Å². The summed E-state index contributed by atoms with van der Waals surface area (Å²) in [5, 5.41) is 3.77. The summed E-state index contributed by atoms with van der Waals surface area (Å²) in [5.41, 5.74) is 1.01. The molecular weight excluding hydrogens is 312 g/mol. The molecule has 0 saturated heterocycles. The number of nitrogens with zero attached hydrogens (tertiary/aromatic N) is 2. The number of rotatable bonds is 5. The monoisotopic (exact) mass is 322 g/mol. The Labute approximate surface area is 130 Å². The van der Waals surface area contributed by atoms with Gasteiger partial charge in [-0.15, -0.1) is 23.1 Å². The fourth-order valence-corrected chi connectivity index (χ4v) is 3.59. The smallest absolute Gasteiger partial charge is 0.119 e. The Morgan fingerprint density at radius 1 is 1.15 bits per heavy atom. The Hall–Kier alpha value is -1.30. The maximum atomic E-state index is 5.83. The normalized spacial score (nSPS) is 10.8. The summed E-state index contributed by atoms with van der Waals surface area (Å²) in [4.78, 5) is 8.55. The van der Waals surface area contributed by atoms with Crippen LogP contribution in [0.5, 0.6) is 5.75 Å². The summed E-state index contributed by atoms with van der Waals surface area (Å²) < 4.78 is 6.80. The van der Waals surface area contributed by atoms with Crippen LogP contribution < -0.4 is 4.74 Å². The molecule has 0 N–H and O–H groups in total. The second kappa shape index (κ2) is 6.43. The van der Waals surface area contributed by atoms with Crippen LogP contribution in [0.2, 0.25) is 5.02 Å². The number of fused-ring (bicyclic) bond motifs is 1. The zero-order chi connectivity index (χ0) is 13.8. The molecule has 0 radical (unpaired) electrons. The van der Waals surface area contributed by atoms with Crippen molar-refractivity contribution in [1.29, 1.82) is 0 Å². The quantitative estimate of drug-likeness (QED) is 0.393. The van der Waals surface area contributed by atoms with E-state index in [1.807, 2.05) is 35.7 Å². The van der Waals surface area contributed by atoms with Crippen LogP contribution >= 0.6 is 34.7 Å². The van der Waals surface area contributed by atoms with Crippen LogP contribution in [0.1, 0.15) is 0 Å². The molecule has 0 aliphatic rings. The molecule has 0 unspecified atom stereocenters. The molecule has 2 aromatic heterocycles. The lowest BCUT2D eigenvalue weighted by Gasteiger charge is -2.06. The molecular formula is C14H11ClN2OS2. The highest BCUT2D eigenvalue weighted by Crippen LogP contribution is 2.28. The Morgan fingerprint density at radius 2 is 2.00 bits per heavy atom. The molecule has 3 nitrogen and oxygen atoms in total. The molecule has 102 valence electrons. The third-order valence-corrected chi connectivity index (χ3v) is 4.86. The Morgan fingerprint density at radius 3 is 2.85 bits per heavy atom. The fourth-order valence-electron chi connectivity index (χ4n) is 1.70. The number of halogens is 1. The van der Waals surface area contributed by atoms with Gasteiger partial charge in [-0.1, -0.05) is 11.6 Å². The summed E-state index contributed by atoms with van der Waals surface area (Å²) in [6, 6.07) is 9.40. The number of hydrogen-bond acceptors (Lipinski definition) is 5. The highest BCUT2D eigenvalue weighted by Gasteiger charge is 2.05. The van der Waals surface area contributed by atoms with E-state index < -0.39 is 0 Å². The molecule has 20 heavy (non-hydrogen) atoms. The van der Waals surface area contributed by atoms with Gasteiger partial charge in [0.2, 0.25) is 0 Å². The van der Waals surface area contributed by atoms with Gasteiger partial charge < -0.3 is 4.74 Å².